The molecule has 0 aliphatic heterocycles. The van der Waals surface area contributed by atoms with Gasteiger partial charge in [0.25, 0.3) is 0 Å². The zero-order valence-corrected chi connectivity index (χ0v) is 12.2. The van der Waals surface area contributed by atoms with Crippen LogP contribution in [0.25, 0.3) is 0 Å². The third-order valence-electron chi connectivity index (χ3n) is 4.15. The molecule has 108 valence electrons. The molecule has 0 spiro atoms. The lowest BCUT2D eigenvalue weighted by molar-refractivity contribution is 0.273. The summed E-state index contributed by atoms with van der Waals surface area (Å²) in [6.07, 6.45) is 12.8. The molecular weight excluding hydrogens is 238 g/mol. The van der Waals surface area contributed by atoms with Crippen molar-refractivity contribution < 1.29 is 4.52 Å². The fourth-order valence-corrected chi connectivity index (χ4v) is 2.84. The molecule has 0 unspecified atom stereocenters. The van der Waals surface area contributed by atoms with Gasteiger partial charge in [0.15, 0.2) is 5.82 Å². The third kappa shape index (κ3) is 4.03. The molecule has 4 nitrogen and oxygen atoms in total. The van der Waals surface area contributed by atoms with E-state index in [1.807, 2.05) is 0 Å². The Kier molecular flexibility index (Phi) is 5.37. The van der Waals surface area contributed by atoms with Gasteiger partial charge in [0, 0.05) is 6.42 Å². The van der Waals surface area contributed by atoms with Crippen molar-refractivity contribution in [1.29, 1.82) is 0 Å². The summed E-state index contributed by atoms with van der Waals surface area (Å²) in [5.74, 6) is 1.50. The van der Waals surface area contributed by atoms with E-state index in [1.54, 1.807) is 0 Å². The van der Waals surface area contributed by atoms with E-state index >= 15 is 0 Å². The van der Waals surface area contributed by atoms with E-state index in [2.05, 4.69) is 17.1 Å². The van der Waals surface area contributed by atoms with Gasteiger partial charge in [-0.15, -0.1) is 0 Å². The minimum atomic E-state index is -0.331. The summed E-state index contributed by atoms with van der Waals surface area (Å²) in [6.45, 7) is 2.23. The summed E-state index contributed by atoms with van der Waals surface area (Å²) in [6, 6.07) is 0. The van der Waals surface area contributed by atoms with Crippen LogP contribution in [0.5, 0.6) is 0 Å². The zero-order valence-electron chi connectivity index (χ0n) is 12.2. The van der Waals surface area contributed by atoms with Gasteiger partial charge in [-0.3, -0.25) is 0 Å². The predicted molar refractivity (Wildman–Crippen MR) is 75.7 cm³/mol. The lowest BCUT2D eigenvalue weighted by atomic mass is 9.82. The molecule has 1 saturated carbocycles. The van der Waals surface area contributed by atoms with E-state index in [9.17, 15) is 0 Å². The van der Waals surface area contributed by atoms with E-state index < -0.39 is 0 Å². The number of nitrogens with two attached hydrogens (primary N) is 1. The number of nitrogens with zero attached hydrogens (tertiary/aromatic N) is 2. The highest BCUT2D eigenvalue weighted by Gasteiger charge is 2.34. The summed E-state index contributed by atoms with van der Waals surface area (Å²) in [4.78, 5) is 4.52. The average Bonchev–Trinajstić information content (AvgIpc) is 2.89. The van der Waals surface area contributed by atoms with Crippen molar-refractivity contribution in [2.45, 2.75) is 83.1 Å². The van der Waals surface area contributed by atoms with Crippen LogP contribution in [0.1, 0.15) is 82.8 Å². The van der Waals surface area contributed by atoms with E-state index in [4.69, 9.17) is 10.3 Å². The van der Waals surface area contributed by atoms with Crippen molar-refractivity contribution in [3.63, 3.8) is 0 Å². The molecule has 4 heteroatoms. The van der Waals surface area contributed by atoms with Gasteiger partial charge in [0.2, 0.25) is 5.89 Å². The van der Waals surface area contributed by atoms with Gasteiger partial charge in [-0.25, -0.2) is 0 Å². The van der Waals surface area contributed by atoms with Crippen molar-refractivity contribution in [2.24, 2.45) is 5.73 Å². The fourth-order valence-electron chi connectivity index (χ4n) is 2.84. The number of unbranched alkanes of at least 4 members (excludes halogenated alkanes) is 4. The van der Waals surface area contributed by atoms with Gasteiger partial charge in [0.1, 0.15) is 0 Å². The molecule has 2 N–H and O–H groups in total. The zero-order chi connectivity index (χ0) is 13.6. The molecule has 1 aliphatic rings. The van der Waals surface area contributed by atoms with Crippen LogP contribution in [0.3, 0.4) is 0 Å². The summed E-state index contributed by atoms with van der Waals surface area (Å²) < 4.78 is 5.35. The molecule has 0 amide bonds. The SMILES string of the molecule is CCCCCCCc1nc(C2(N)CCCCC2)no1. The van der Waals surface area contributed by atoms with Gasteiger partial charge in [0.05, 0.1) is 5.54 Å². The number of aromatic nitrogens is 2. The van der Waals surface area contributed by atoms with Gasteiger partial charge >= 0.3 is 0 Å². The standard InChI is InChI=1S/C15H27N3O/c1-2-3-4-5-7-10-13-17-14(18-19-13)15(16)11-8-6-9-12-15/h2-12,16H2,1H3. The predicted octanol–water partition coefficient (Wildman–Crippen LogP) is 3.70. The second kappa shape index (κ2) is 7.04. The molecule has 1 aliphatic carbocycles. The molecule has 0 bridgehead atoms. The fraction of sp³-hybridized carbons (Fsp3) is 0.867. The first-order valence-corrected chi connectivity index (χ1v) is 7.86. The first-order chi connectivity index (χ1) is 9.24. The van der Waals surface area contributed by atoms with Crippen LogP contribution in [0, 0.1) is 0 Å². The lowest BCUT2D eigenvalue weighted by Gasteiger charge is -2.29. The van der Waals surface area contributed by atoms with Crippen LogP contribution in [-0.4, -0.2) is 10.1 Å². The highest BCUT2D eigenvalue weighted by molar-refractivity contribution is 5.05. The first kappa shape index (κ1) is 14.5. The van der Waals surface area contributed by atoms with Crippen LogP contribution in [0.2, 0.25) is 0 Å². The normalized spacial score (nSPS) is 18.6. The smallest absolute Gasteiger partial charge is 0.226 e. The van der Waals surface area contributed by atoms with Gasteiger partial charge in [-0.05, 0) is 19.3 Å². The number of hydrogen-bond donors (Lipinski definition) is 1. The number of hydrogen-bond acceptors (Lipinski definition) is 4. The maximum absolute atomic E-state index is 6.40. The van der Waals surface area contributed by atoms with E-state index in [0.717, 1.165) is 37.4 Å². The first-order valence-electron chi connectivity index (χ1n) is 7.86. The van der Waals surface area contributed by atoms with Crippen LogP contribution in [0.15, 0.2) is 4.52 Å². The molecule has 19 heavy (non-hydrogen) atoms. The molecule has 1 aromatic heterocycles. The molecule has 1 aromatic rings. The second-order valence-electron chi connectivity index (χ2n) is 5.89. The summed E-state index contributed by atoms with van der Waals surface area (Å²) >= 11 is 0. The minimum absolute atomic E-state index is 0.331. The topological polar surface area (TPSA) is 64.9 Å². The Labute approximate surface area is 116 Å². The van der Waals surface area contributed by atoms with Crippen LogP contribution in [-0.2, 0) is 12.0 Å². The summed E-state index contributed by atoms with van der Waals surface area (Å²) in [5, 5.41) is 4.12. The Morgan fingerprint density at radius 2 is 1.84 bits per heavy atom. The van der Waals surface area contributed by atoms with Crippen molar-refractivity contribution >= 4 is 0 Å². The molecule has 1 heterocycles. The minimum Gasteiger partial charge on any atom is -0.339 e. The van der Waals surface area contributed by atoms with Crippen molar-refractivity contribution in [1.82, 2.24) is 10.1 Å². The molecule has 0 aromatic carbocycles. The van der Waals surface area contributed by atoms with Gasteiger partial charge < -0.3 is 10.3 Å². The van der Waals surface area contributed by atoms with Crippen LogP contribution >= 0.6 is 0 Å². The quantitative estimate of drug-likeness (QED) is 0.763. The molecule has 1 fully saturated rings. The average molecular weight is 265 g/mol. The summed E-state index contributed by atoms with van der Waals surface area (Å²) in [5.41, 5.74) is 6.07. The highest BCUT2D eigenvalue weighted by atomic mass is 16.5. The molecular formula is C15H27N3O. The summed E-state index contributed by atoms with van der Waals surface area (Å²) in [7, 11) is 0. The number of rotatable bonds is 7. The van der Waals surface area contributed by atoms with E-state index in [0.29, 0.717) is 0 Å². The Morgan fingerprint density at radius 3 is 2.58 bits per heavy atom. The largest absolute Gasteiger partial charge is 0.339 e. The Bertz CT molecular complexity index is 369. The molecule has 2 rings (SSSR count). The second-order valence-corrected chi connectivity index (χ2v) is 5.89. The lowest BCUT2D eigenvalue weighted by Crippen LogP contribution is -2.39. The van der Waals surface area contributed by atoms with Gasteiger partial charge in [-0.2, -0.15) is 4.98 Å². The van der Waals surface area contributed by atoms with Crippen molar-refractivity contribution in [2.75, 3.05) is 0 Å². The maximum atomic E-state index is 6.40. The Hall–Kier alpha value is -0.900. The maximum Gasteiger partial charge on any atom is 0.226 e. The van der Waals surface area contributed by atoms with Crippen molar-refractivity contribution in [3.8, 4) is 0 Å². The monoisotopic (exact) mass is 265 g/mol. The van der Waals surface area contributed by atoms with E-state index in [-0.39, 0.29) is 5.54 Å². The molecule has 0 atom stereocenters. The Morgan fingerprint density at radius 1 is 1.11 bits per heavy atom. The Balaban J connectivity index is 1.81. The van der Waals surface area contributed by atoms with Gasteiger partial charge in [-0.1, -0.05) is 57.0 Å². The number of aryl methyl sites for hydroxylation is 1. The molecule has 0 saturated heterocycles. The van der Waals surface area contributed by atoms with Crippen molar-refractivity contribution in [3.05, 3.63) is 11.7 Å². The van der Waals surface area contributed by atoms with Crippen LogP contribution < -0.4 is 5.73 Å². The highest BCUT2D eigenvalue weighted by Crippen LogP contribution is 2.33. The third-order valence-corrected chi connectivity index (χ3v) is 4.15. The van der Waals surface area contributed by atoms with E-state index in [1.165, 1.54) is 44.9 Å². The molecule has 0 radical (unpaired) electrons. The van der Waals surface area contributed by atoms with Crippen LogP contribution in [0.4, 0.5) is 0 Å².